The fourth-order valence-corrected chi connectivity index (χ4v) is 18.3. The van der Waals surface area contributed by atoms with Crippen molar-refractivity contribution in [2.24, 2.45) is 0 Å². The molecule has 0 N–H and O–H groups in total. The van der Waals surface area contributed by atoms with Gasteiger partial charge in [0, 0.05) is 49.3 Å². The Kier molecular flexibility index (Phi) is 13.7. The predicted molar refractivity (Wildman–Crippen MR) is 428 cm³/mol. The van der Waals surface area contributed by atoms with Gasteiger partial charge in [-0.2, -0.15) is 0 Å². The van der Waals surface area contributed by atoms with Gasteiger partial charge in [-0.1, -0.05) is 323 Å². The van der Waals surface area contributed by atoms with Gasteiger partial charge in [0.25, 0.3) is 0 Å². The number of fused-ring (bicyclic) bond motifs is 16. The maximum atomic E-state index is 7.69. The Morgan fingerprint density at radius 2 is 0.650 bits per heavy atom. The Morgan fingerprint density at radius 1 is 0.282 bits per heavy atom. The number of benzene rings is 16. The summed E-state index contributed by atoms with van der Waals surface area (Å²) in [7, 11) is 0. The van der Waals surface area contributed by atoms with Crippen LogP contribution in [0.3, 0.4) is 0 Å². The second-order valence-electron chi connectivity index (χ2n) is 28.7. The summed E-state index contributed by atoms with van der Waals surface area (Å²) in [5, 5.41) is 9.06. The maximum absolute atomic E-state index is 7.69. The normalized spacial score (nSPS) is 13.4. The molecule has 0 radical (unpaired) electrons. The number of furan rings is 2. The van der Waals surface area contributed by atoms with E-state index in [4.69, 9.17) is 8.83 Å². The van der Waals surface area contributed by atoms with Crippen LogP contribution in [0.2, 0.25) is 0 Å². The van der Waals surface area contributed by atoms with E-state index in [0.717, 1.165) is 106 Å². The topological polar surface area (TPSA) is 32.8 Å². The molecule has 20 rings (SSSR count). The quantitative estimate of drug-likeness (QED) is 0.115. The summed E-state index contributed by atoms with van der Waals surface area (Å²) < 4.78 is 14.7. The third-order valence-corrected chi connectivity index (χ3v) is 22.6. The molecule has 2 aliphatic carbocycles. The van der Waals surface area contributed by atoms with Crippen LogP contribution in [0.1, 0.15) is 75.0 Å². The van der Waals surface area contributed by atoms with Crippen molar-refractivity contribution in [2.45, 2.75) is 43.4 Å². The first-order valence-corrected chi connectivity index (χ1v) is 35.9. The van der Waals surface area contributed by atoms with E-state index in [-0.39, 0.29) is 0 Å². The van der Waals surface area contributed by atoms with Gasteiger partial charge in [-0.3, -0.25) is 0 Å². The molecule has 0 spiro atoms. The Labute approximate surface area is 599 Å². The van der Waals surface area contributed by atoms with Gasteiger partial charge in [-0.15, -0.1) is 0 Å². The highest BCUT2D eigenvalue weighted by Crippen LogP contribution is 2.63. The van der Waals surface area contributed by atoms with E-state index in [2.05, 4.69) is 388 Å². The van der Waals surface area contributed by atoms with E-state index in [1.54, 1.807) is 0 Å². The summed E-state index contributed by atoms with van der Waals surface area (Å²) in [4.78, 5) is 4.90. The smallest absolute Gasteiger partial charge is 0.159 e. The predicted octanol–water partition coefficient (Wildman–Crippen LogP) is 26.3. The van der Waals surface area contributed by atoms with Gasteiger partial charge >= 0.3 is 0 Å². The van der Waals surface area contributed by atoms with E-state index in [9.17, 15) is 0 Å². The van der Waals surface area contributed by atoms with Crippen molar-refractivity contribution < 1.29 is 8.83 Å². The van der Waals surface area contributed by atoms with Crippen molar-refractivity contribution in [3.8, 4) is 22.3 Å². The van der Waals surface area contributed by atoms with Crippen LogP contribution in [-0.4, -0.2) is 0 Å². The number of rotatable bonds is 13. The zero-order chi connectivity index (χ0) is 68.5. The highest BCUT2D eigenvalue weighted by molar-refractivity contribution is 6.17. The molecule has 0 amide bonds. The lowest BCUT2D eigenvalue weighted by atomic mass is 9.67. The molecule has 2 heterocycles. The average molecular weight is 1320 g/mol. The van der Waals surface area contributed by atoms with Crippen molar-refractivity contribution in [3.63, 3.8) is 0 Å². The molecule has 2 aromatic heterocycles. The second-order valence-corrected chi connectivity index (χ2v) is 28.7. The van der Waals surface area contributed by atoms with Crippen LogP contribution in [0.25, 0.3) is 87.7 Å². The molecule has 0 saturated heterocycles. The van der Waals surface area contributed by atoms with E-state index in [1.807, 2.05) is 0 Å². The monoisotopic (exact) mass is 1320 g/mol. The molecule has 4 nitrogen and oxygen atoms in total. The van der Waals surface area contributed by atoms with Crippen molar-refractivity contribution in [3.05, 3.63) is 419 Å². The van der Waals surface area contributed by atoms with Crippen LogP contribution < -0.4 is 9.80 Å². The molecule has 16 aromatic carbocycles. The molecule has 18 aromatic rings. The van der Waals surface area contributed by atoms with Crippen molar-refractivity contribution >= 4 is 99.5 Å². The van der Waals surface area contributed by atoms with Gasteiger partial charge < -0.3 is 18.6 Å². The third kappa shape index (κ3) is 8.90. The van der Waals surface area contributed by atoms with Crippen LogP contribution in [-0.2, 0) is 22.7 Å². The summed E-state index contributed by atoms with van der Waals surface area (Å²) in [5.41, 5.74) is 26.3. The summed E-state index contributed by atoms with van der Waals surface area (Å²) >= 11 is 0. The fourth-order valence-electron chi connectivity index (χ4n) is 18.3. The molecule has 4 heteroatoms. The second kappa shape index (κ2) is 23.4. The minimum absolute atomic E-state index is 0.426. The standard InChI is InChI=1S/C99H70N2O2/c1-64-32-28-50-76-78-52-30-56-87(95(78)102-93(64)76)100(70-41-18-8-19-42-70)90-62-86-92(75-48-25-23-46-73(75)90)81-59-58-65(60-84(81)99(86,68-37-14-6-15-38-68)69-39-16-7-17-40-69)63-97(2,3)83-55-29-51-77-79-53-31-57-88(96(79)103-94(77)83)101(71-43-20-9-21-44-71)89-61-85-91(74-47-24-22-45-72(74)89)80-49-26-27-54-82(80)98(85,66-33-10-4-11-34-66)67-35-12-5-13-36-67/h4-62H,63H2,1-3H3. The van der Waals surface area contributed by atoms with Gasteiger partial charge in [0.15, 0.2) is 11.2 Å². The highest BCUT2D eigenvalue weighted by atomic mass is 16.3. The number of hydrogen-bond acceptors (Lipinski definition) is 4. The maximum Gasteiger partial charge on any atom is 0.159 e. The summed E-state index contributed by atoms with van der Waals surface area (Å²) in [6, 6.07) is 133. The molecule has 0 aliphatic heterocycles. The molecule has 0 bridgehead atoms. The number of anilines is 6. The van der Waals surface area contributed by atoms with Gasteiger partial charge in [-0.05, 0) is 156 Å². The Morgan fingerprint density at radius 3 is 1.15 bits per heavy atom. The molecule has 0 saturated carbocycles. The van der Waals surface area contributed by atoms with Crippen LogP contribution in [0, 0.1) is 6.92 Å². The molecule has 0 atom stereocenters. The first kappa shape index (κ1) is 60.2. The van der Waals surface area contributed by atoms with Gasteiger partial charge in [0.1, 0.15) is 11.2 Å². The van der Waals surface area contributed by atoms with Gasteiger partial charge in [0.2, 0.25) is 0 Å². The third-order valence-electron chi connectivity index (χ3n) is 22.6. The van der Waals surface area contributed by atoms with Crippen molar-refractivity contribution in [2.75, 3.05) is 9.80 Å². The first-order chi connectivity index (χ1) is 50.8. The molecule has 103 heavy (non-hydrogen) atoms. The first-order valence-electron chi connectivity index (χ1n) is 35.9. The van der Waals surface area contributed by atoms with Gasteiger partial charge in [0.05, 0.1) is 33.6 Å². The molecule has 0 unspecified atom stereocenters. The summed E-state index contributed by atoms with van der Waals surface area (Å²) in [6.07, 6.45) is 0.734. The average Bonchev–Trinajstić information content (AvgIpc) is 1.53. The Bertz CT molecular complexity index is 6300. The zero-order valence-corrected chi connectivity index (χ0v) is 57.5. The Hall–Kier alpha value is -12.8. The fraction of sp³-hybridized carbons (Fsp3) is 0.0707. The molecule has 0 fully saturated rings. The highest BCUT2D eigenvalue weighted by Gasteiger charge is 2.50. The lowest BCUT2D eigenvalue weighted by Crippen LogP contribution is -2.29. The molecular weight excluding hydrogens is 1250 g/mol. The van der Waals surface area contributed by atoms with Crippen molar-refractivity contribution in [1.29, 1.82) is 0 Å². The van der Waals surface area contributed by atoms with E-state index in [0.29, 0.717) is 0 Å². The van der Waals surface area contributed by atoms with Crippen LogP contribution in [0.15, 0.2) is 367 Å². The lowest BCUT2D eigenvalue weighted by molar-refractivity contribution is 0.514. The number of nitrogens with zero attached hydrogens (tertiary/aromatic N) is 2. The lowest BCUT2D eigenvalue weighted by Gasteiger charge is -2.36. The molecule has 2 aliphatic rings. The number of hydrogen-bond donors (Lipinski definition) is 0. The van der Waals surface area contributed by atoms with E-state index < -0.39 is 16.2 Å². The molecule has 488 valence electrons. The van der Waals surface area contributed by atoms with E-state index >= 15 is 0 Å². The number of para-hydroxylation sites is 6. The number of aryl methyl sites for hydroxylation is 1. The summed E-state index contributed by atoms with van der Waals surface area (Å²) in [6.45, 7) is 6.94. The minimum atomic E-state index is -0.741. The van der Waals surface area contributed by atoms with E-state index in [1.165, 1.54) is 83.1 Å². The van der Waals surface area contributed by atoms with Gasteiger partial charge in [-0.25, -0.2) is 0 Å². The SMILES string of the molecule is Cc1cccc2c1oc1c(N(c3ccccc3)c3cc4c(c5ccccc35)-c3ccc(CC(C)(C)c5cccc6c5oc5c(N(c7ccccc7)c7cc8c(c9ccccc79)-c7ccccc7C8(c7ccccc7)c7ccccc7)cccc56)cc3C4(c3ccccc3)c3ccccc3)cccc12. The van der Waals surface area contributed by atoms with Crippen LogP contribution in [0.5, 0.6) is 0 Å². The minimum Gasteiger partial charge on any atom is -0.454 e. The van der Waals surface area contributed by atoms with Crippen molar-refractivity contribution in [1.82, 2.24) is 0 Å². The van der Waals surface area contributed by atoms with Crippen LogP contribution >= 0.6 is 0 Å². The summed E-state index contributed by atoms with van der Waals surface area (Å²) in [5.74, 6) is 0. The zero-order valence-electron chi connectivity index (χ0n) is 57.5. The van der Waals surface area contributed by atoms with Crippen LogP contribution in [0.4, 0.5) is 34.1 Å². The molecular formula is C99H70N2O2. The largest absolute Gasteiger partial charge is 0.454 e. The Balaban J connectivity index is 0.760.